The number of anilines is 1. The van der Waals surface area contributed by atoms with Crippen molar-refractivity contribution in [3.8, 4) is 5.75 Å². The third-order valence-corrected chi connectivity index (χ3v) is 4.93. The Labute approximate surface area is 172 Å². The smallest absolute Gasteiger partial charge is 0.254 e. The van der Waals surface area contributed by atoms with Crippen LogP contribution in [-0.4, -0.2) is 66.6 Å². The Hall–Kier alpha value is -2.29. The zero-order chi connectivity index (χ0) is 20.3. The number of nitrogens with one attached hydrogen (secondary N) is 1. The van der Waals surface area contributed by atoms with Gasteiger partial charge >= 0.3 is 0 Å². The molecule has 0 radical (unpaired) electrons. The number of nitrogens with zero attached hydrogens (tertiary/aromatic N) is 3. The van der Waals surface area contributed by atoms with Crippen molar-refractivity contribution < 1.29 is 18.8 Å². The molecule has 1 fully saturated rings. The van der Waals surface area contributed by atoms with Crippen molar-refractivity contribution in [3.63, 3.8) is 0 Å². The van der Waals surface area contributed by atoms with Crippen LogP contribution in [0.25, 0.3) is 0 Å². The summed E-state index contributed by atoms with van der Waals surface area (Å²) in [6.07, 6.45) is 0. The summed E-state index contributed by atoms with van der Waals surface area (Å²) in [6.45, 7) is 4.12. The fourth-order valence-electron chi connectivity index (χ4n) is 2.98. The third kappa shape index (κ3) is 4.76. The molecular weight excluding hydrogens is 407 g/mol. The SMILES string of the molecule is COc1c(Cl)cc(C(=O)N2CCN(CC(=O)Nc3cc(C)on3)CC2)cc1Cl. The number of benzene rings is 1. The third-order valence-electron chi connectivity index (χ3n) is 4.37. The van der Waals surface area contributed by atoms with E-state index in [4.69, 9.17) is 32.5 Å². The van der Waals surface area contributed by atoms with Crippen LogP contribution in [0.1, 0.15) is 16.1 Å². The first-order valence-corrected chi connectivity index (χ1v) is 9.41. The molecular formula is C18H20Cl2N4O4. The number of carbonyl (C=O) groups is 2. The van der Waals surface area contributed by atoms with Gasteiger partial charge in [-0.2, -0.15) is 0 Å². The molecule has 1 aromatic heterocycles. The molecule has 150 valence electrons. The lowest BCUT2D eigenvalue weighted by molar-refractivity contribution is -0.117. The van der Waals surface area contributed by atoms with Crippen LogP contribution in [0.2, 0.25) is 10.0 Å². The van der Waals surface area contributed by atoms with Crippen molar-refractivity contribution in [2.24, 2.45) is 0 Å². The van der Waals surface area contributed by atoms with E-state index in [1.807, 2.05) is 4.90 Å². The second-order valence-electron chi connectivity index (χ2n) is 6.41. The van der Waals surface area contributed by atoms with E-state index in [1.54, 1.807) is 30.0 Å². The van der Waals surface area contributed by atoms with Crippen molar-refractivity contribution in [2.75, 3.05) is 45.2 Å². The highest BCUT2D eigenvalue weighted by atomic mass is 35.5. The summed E-state index contributed by atoms with van der Waals surface area (Å²) in [5.74, 6) is 1.03. The quantitative estimate of drug-likeness (QED) is 0.790. The van der Waals surface area contributed by atoms with Crippen LogP contribution in [0, 0.1) is 6.92 Å². The maximum Gasteiger partial charge on any atom is 0.254 e. The molecule has 8 nitrogen and oxygen atoms in total. The highest BCUT2D eigenvalue weighted by molar-refractivity contribution is 6.37. The summed E-state index contributed by atoms with van der Waals surface area (Å²) in [6, 6.07) is 4.75. The fourth-order valence-corrected chi connectivity index (χ4v) is 3.62. The fraction of sp³-hybridized carbons (Fsp3) is 0.389. The number of hydrogen-bond acceptors (Lipinski definition) is 6. The van der Waals surface area contributed by atoms with Crippen molar-refractivity contribution >= 4 is 40.8 Å². The number of rotatable bonds is 5. The van der Waals surface area contributed by atoms with Crippen molar-refractivity contribution in [2.45, 2.75) is 6.92 Å². The van der Waals surface area contributed by atoms with E-state index in [0.29, 0.717) is 49.1 Å². The van der Waals surface area contributed by atoms with Gasteiger partial charge < -0.3 is 19.5 Å². The minimum atomic E-state index is -0.179. The lowest BCUT2D eigenvalue weighted by atomic mass is 10.1. The molecule has 28 heavy (non-hydrogen) atoms. The Bertz CT molecular complexity index is 855. The molecule has 2 aromatic rings. The minimum absolute atomic E-state index is 0.159. The topological polar surface area (TPSA) is 87.9 Å². The van der Waals surface area contributed by atoms with Crippen LogP contribution in [0.15, 0.2) is 22.7 Å². The van der Waals surface area contributed by atoms with Gasteiger partial charge in [0.25, 0.3) is 5.91 Å². The van der Waals surface area contributed by atoms with Gasteiger partial charge in [-0.15, -0.1) is 0 Å². The molecule has 1 N–H and O–H groups in total. The molecule has 0 bridgehead atoms. The predicted octanol–water partition coefficient (Wildman–Crippen LogP) is 2.69. The first kappa shape index (κ1) is 20.4. The van der Waals surface area contributed by atoms with E-state index in [0.717, 1.165) is 0 Å². The van der Waals surface area contributed by atoms with E-state index in [2.05, 4.69) is 10.5 Å². The maximum atomic E-state index is 12.7. The monoisotopic (exact) mass is 426 g/mol. The van der Waals surface area contributed by atoms with Gasteiger partial charge in [0.2, 0.25) is 5.91 Å². The number of carbonyl (C=O) groups excluding carboxylic acids is 2. The summed E-state index contributed by atoms with van der Waals surface area (Å²) >= 11 is 12.2. The average Bonchev–Trinajstić information content (AvgIpc) is 3.06. The molecule has 1 aliphatic rings. The van der Waals surface area contributed by atoms with Crippen LogP contribution in [0.4, 0.5) is 5.82 Å². The standard InChI is InChI=1S/C18H20Cl2N4O4/c1-11-7-15(22-28-11)21-16(25)10-23-3-5-24(6-4-23)18(26)12-8-13(19)17(27-2)14(20)9-12/h7-9H,3-6,10H2,1-2H3,(H,21,22,25). The van der Waals surface area contributed by atoms with Gasteiger partial charge in [0.05, 0.1) is 23.7 Å². The molecule has 2 amide bonds. The summed E-state index contributed by atoms with van der Waals surface area (Å²) in [7, 11) is 1.47. The number of ether oxygens (including phenoxy) is 1. The predicted molar refractivity (Wildman–Crippen MR) is 105 cm³/mol. The second kappa shape index (κ2) is 8.81. The molecule has 0 spiro atoms. The zero-order valence-corrected chi connectivity index (χ0v) is 17.0. The highest BCUT2D eigenvalue weighted by Crippen LogP contribution is 2.34. The van der Waals surface area contributed by atoms with Crippen molar-refractivity contribution in [3.05, 3.63) is 39.6 Å². The number of halogens is 2. The number of amides is 2. The van der Waals surface area contributed by atoms with Gasteiger partial charge in [0, 0.05) is 37.8 Å². The average molecular weight is 427 g/mol. The van der Waals surface area contributed by atoms with Gasteiger partial charge in [-0.25, -0.2) is 0 Å². The Morgan fingerprint density at radius 2 is 1.82 bits per heavy atom. The van der Waals surface area contributed by atoms with Crippen LogP contribution in [0.3, 0.4) is 0 Å². The number of aryl methyl sites for hydroxylation is 1. The largest absolute Gasteiger partial charge is 0.494 e. The zero-order valence-electron chi connectivity index (χ0n) is 15.5. The van der Waals surface area contributed by atoms with Crippen LogP contribution >= 0.6 is 23.2 Å². The molecule has 0 unspecified atom stereocenters. The van der Waals surface area contributed by atoms with Gasteiger partial charge in [-0.3, -0.25) is 14.5 Å². The molecule has 0 atom stereocenters. The van der Waals surface area contributed by atoms with E-state index in [9.17, 15) is 9.59 Å². The molecule has 3 rings (SSSR count). The molecule has 10 heteroatoms. The van der Waals surface area contributed by atoms with Crippen molar-refractivity contribution in [1.29, 1.82) is 0 Å². The van der Waals surface area contributed by atoms with E-state index in [1.165, 1.54) is 7.11 Å². The lowest BCUT2D eigenvalue weighted by Gasteiger charge is -2.34. The van der Waals surface area contributed by atoms with Crippen LogP contribution < -0.4 is 10.1 Å². The van der Waals surface area contributed by atoms with Gasteiger partial charge in [-0.1, -0.05) is 28.4 Å². The first-order chi connectivity index (χ1) is 13.4. The molecule has 1 aliphatic heterocycles. The summed E-state index contributed by atoms with van der Waals surface area (Å²) < 4.78 is 10.0. The number of aromatic nitrogens is 1. The normalized spacial score (nSPS) is 14.8. The molecule has 1 aromatic carbocycles. The number of methoxy groups -OCH3 is 1. The molecule has 1 saturated heterocycles. The van der Waals surface area contributed by atoms with Gasteiger partial charge in [0.1, 0.15) is 5.76 Å². The maximum absolute atomic E-state index is 12.7. The molecule has 2 heterocycles. The molecule has 0 aliphatic carbocycles. The highest BCUT2D eigenvalue weighted by Gasteiger charge is 2.24. The van der Waals surface area contributed by atoms with Crippen LogP contribution in [0.5, 0.6) is 5.75 Å². The minimum Gasteiger partial charge on any atom is -0.494 e. The summed E-state index contributed by atoms with van der Waals surface area (Å²) in [5, 5.41) is 7.00. The Kier molecular flexibility index (Phi) is 6.43. The summed E-state index contributed by atoms with van der Waals surface area (Å²) in [4.78, 5) is 28.5. The Morgan fingerprint density at radius 1 is 1.18 bits per heavy atom. The molecule has 0 saturated carbocycles. The van der Waals surface area contributed by atoms with E-state index in [-0.39, 0.29) is 28.4 Å². The Balaban J connectivity index is 1.53. The Morgan fingerprint density at radius 3 is 2.36 bits per heavy atom. The van der Waals surface area contributed by atoms with E-state index < -0.39 is 0 Å². The van der Waals surface area contributed by atoms with E-state index >= 15 is 0 Å². The first-order valence-electron chi connectivity index (χ1n) is 8.65. The lowest BCUT2D eigenvalue weighted by Crippen LogP contribution is -2.50. The van der Waals surface area contributed by atoms with Gasteiger partial charge in [0.15, 0.2) is 11.6 Å². The number of piperazine rings is 1. The van der Waals surface area contributed by atoms with Crippen LogP contribution in [-0.2, 0) is 4.79 Å². The second-order valence-corrected chi connectivity index (χ2v) is 7.23. The number of hydrogen-bond donors (Lipinski definition) is 1. The van der Waals surface area contributed by atoms with Gasteiger partial charge in [-0.05, 0) is 19.1 Å². The van der Waals surface area contributed by atoms with Crippen molar-refractivity contribution in [1.82, 2.24) is 15.0 Å². The summed E-state index contributed by atoms with van der Waals surface area (Å²) in [5.41, 5.74) is 0.406.